The van der Waals surface area contributed by atoms with Gasteiger partial charge in [-0.05, 0) is 43.0 Å². The lowest BCUT2D eigenvalue weighted by atomic mass is 9.93. The first-order valence-corrected chi connectivity index (χ1v) is 6.74. The number of hydrogen-bond donors (Lipinski definition) is 0. The van der Waals surface area contributed by atoms with Crippen LogP contribution in [0.1, 0.15) is 34.1 Å². The molecule has 4 heteroatoms. The number of rotatable bonds is 5. The van der Waals surface area contributed by atoms with Gasteiger partial charge in [0, 0.05) is 5.02 Å². The second-order valence-corrected chi connectivity index (χ2v) is 6.13. The fourth-order valence-corrected chi connectivity index (χ4v) is 1.47. The van der Waals surface area contributed by atoms with Crippen LogP contribution in [0.4, 0.5) is 0 Å². The number of carbonyl (C=O) groups is 1. The highest BCUT2D eigenvalue weighted by molar-refractivity contribution is 6.30. The average molecular weight is 285 g/mol. The highest BCUT2D eigenvalue weighted by Crippen LogP contribution is 2.19. The molecule has 0 heterocycles. The fourth-order valence-electron chi connectivity index (χ4n) is 1.34. The van der Waals surface area contributed by atoms with Gasteiger partial charge in [0.1, 0.15) is 5.75 Å². The van der Waals surface area contributed by atoms with Crippen LogP contribution in [0.2, 0.25) is 5.02 Å². The standard InChI is InChI=1S/C15H21ClO3/c1-11(14(17)18-10-9-15(2,3)4)19-13-7-5-12(16)6-8-13/h5-8,11H,9-10H2,1-4H3. The van der Waals surface area contributed by atoms with E-state index in [1.54, 1.807) is 31.2 Å². The molecule has 0 N–H and O–H groups in total. The Balaban J connectivity index is 2.38. The molecule has 1 aromatic rings. The first kappa shape index (κ1) is 15.8. The van der Waals surface area contributed by atoms with Crippen molar-refractivity contribution in [2.75, 3.05) is 6.61 Å². The molecular formula is C15H21ClO3. The van der Waals surface area contributed by atoms with Crippen molar-refractivity contribution in [1.82, 2.24) is 0 Å². The van der Waals surface area contributed by atoms with E-state index in [-0.39, 0.29) is 11.4 Å². The van der Waals surface area contributed by atoms with E-state index in [1.807, 2.05) is 0 Å². The summed E-state index contributed by atoms with van der Waals surface area (Å²) in [7, 11) is 0. The average Bonchev–Trinajstić information content (AvgIpc) is 2.30. The normalized spacial score (nSPS) is 12.9. The largest absolute Gasteiger partial charge is 0.479 e. The van der Waals surface area contributed by atoms with Gasteiger partial charge < -0.3 is 9.47 Å². The predicted octanol–water partition coefficient (Wildman–Crippen LogP) is 4.09. The van der Waals surface area contributed by atoms with E-state index < -0.39 is 6.10 Å². The van der Waals surface area contributed by atoms with Crippen molar-refractivity contribution in [1.29, 1.82) is 0 Å². The zero-order chi connectivity index (χ0) is 14.5. The summed E-state index contributed by atoms with van der Waals surface area (Å²) in [5.74, 6) is 0.254. The molecule has 0 spiro atoms. The quantitative estimate of drug-likeness (QED) is 0.764. The number of esters is 1. The van der Waals surface area contributed by atoms with Crippen molar-refractivity contribution in [2.24, 2.45) is 5.41 Å². The van der Waals surface area contributed by atoms with E-state index in [1.165, 1.54) is 0 Å². The molecule has 0 bridgehead atoms. The van der Waals surface area contributed by atoms with E-state index in [4.69, 9.17) is 21.1 Å². The minimum Gasteiger partial charge on any atom is -0.479 e. The molecule has 3 nitrogen and oxygen atoms in total. The highest BCUT2D eigenvalue weighted by atomic mass is 35.5. The molecule has 0 amide bonds. The lowest BCUT2D eigenvalue weighted by Gasteiger charge is -2.19. The molecule has 1 atom stereocenters. The summed E-state index contributed by atoms with van der Waals surface area (Å²) < 4.78 is 10.7. The summed E-state index contributed by atoms with van der Waals surface area (Å²) in [5.41, 5.74) is 0.153. The molecule has 106 valence electrons. The Bertz CT molecular complexity index is 406. The first-order valence-electron chi connectivity index (χ1n) is 6.37. The van der Waals surface area contributed by atoms with Crippen molar-refractivity contribution in [3.63, 3.8) is 0 Å². The van der Waals surface area contributed by atoms with Crippen LogP contribution in [0.25, 0.3) is 0 Å². The Hall–Kier alpha value is -1.22. The van der Waals surface area contributed by atoms with Crippen LogP contribution >= 0.6 is 11.6 Å². The lowest BCUT2D eigenvalue weighted by molar-refractivity contribution is -0.151. The summed E-state index contributed by atoms with van der Waals surface area (Å²) in [4.78, 5) is 11.7. The number of carbonyl (C=O) groups excluding carboxylic acids is 1. The van der Waals surface area contributed by atoms with Crippen LogP contribution in [0.3, 0.4) is 0 Å². The molecule has 0 radical (unpaired) electrons. The molecule has 1 aromatic carbocycles. The zero-order valence-electron chi connectivity index (χ0n) is 11.9. The topological polar surface area (TPSA) is 35.5 Å². The van der Waals surface area contributed by atoms with Crippen LogP contribution in [0.15, 0.2) is 24.3 Å². The molecular weight excluding hydrogens is 264 g/mol. The number of ether oxygens (including phenoxy) is 2. The second kappa shape index (κ2) is 6.80. The van der Waals surface area contributed by atoms with E-state index >= 15 is 0 Å². The molecule has 19 heavy (non-hydrogen) atoms. The summed E-state index contributed by atoms with van der Waals surface area (Å²) in [5, 5.41) is 0.632. The Labute approximate surface area is 119 Å². The predicted molar refractivity (Wildman–Crippen MR) is 76.6 cm³/mol. The van der Waals surface area contributed by atoms with Gasteiger partial charge in [0.05, 0.1) is 6.61 Å². The van der Waals surface area contributed by atoms with Crippen LogP contribution in [-0.2, 0) is 9.53 Å². The Kier molecular flexibility index (Phi) is 5.67. The van der Waals surface area contributed by atoms with Crippen LogP contribution in [0, 0.1) is 5.41 Å². The Morgan fingerprint density at radius 1 is 1.26 bits per heavy atom. The smallest absolute Gasteiger partial charge is 0.347 e. The minimum atomic E-state index is -0.624. The number of benzene rings is 1. The van der Waals surface area contributed by atoms with Crippen molar-refractivity contribution < 1.29 is 14.3 Å². The first-order chi connectivity index (χ1) is 8.78. The van der Waals surface area contributed by atoms with E-state index in [2.05, 4.69) is 20.8 Å². The summed E-state index contributed by atoms with van der Waals surface area (Å²) >= 11 is 5.77. The molecule has 0 saturated heterocycles. The van der Waals surface area contributed by atoms with Gasteiger partial charge >= 0.3 is 5.97 Å². The highest BCUT2D eigenvalue weighted by Gasteiger charge is 2.18. The van der Waals surface area contributed by atoms with Crippen LogP contribution in [0.5, 0.6) is 5.75 Å². The van der Waals surface area contributed by atoms with Gasteiger partial charge in [-0.3, -0.25) is 0 Å². The van der Waals surface area contributed by atoms with Crippen molar-refractivity contribution in [3.05, 3.63) is 29.3 Å². The minimum absolute atomic E-state index is 0.153. The third-order valence-corrected chi connectivity index (χ3v) is 2.81. The monoisotopic (exact) mass is 284 g/mol. The van der Waals surface area contributed by atoms with Crippen LogP contribution < -0.4 is 4.74 Å². The number of hydrogen-bond acceptors (Lipinski definition) is 3. The van der Waals surface area contributed by atoms with Crippen LogP contribution in [-0.4, -0.2) is 18.7 Å². The van der Waals surface area contributed by atoms with Gasteiger partial charge in [0.25, 0.3) is 0 Å². The summed E-state index contributed by atoms with van der Waals surface area (Å²) in [6, 6.07) is 6.88. The second-order valence-electron chi connectivity index (χ2n) is 5.69. The van der Waals surface area contributed by atoms with Gasteiger partial charge in [-0.15, -0.1) is 0 Å². The zero-order valence-corrected chi connectivity index (χ0v) is 12.7. The molecule has 1 rings (SSSR count). The molecule has 0 aliphatic rings. The number of halogens is 1. The van der Waals surface area contributed by atoms with Gasteiger partial charge in [-0.25, -0.2) is 4.79 Å². The lowest BCUT2D eigenvalue weighted by Crippen LogP contribution is -2.27. The third-order valence-electron chi connectivity index (χ3n) is 2.55. The maximum atomic E-state index is 11.7. The third kappa shape index (κ3) is 6.48. The SMILES string of the molecule is CC(Oc1ccc(Cl)cc1)C(=O)OCCC(C)(C)C. The fraction of sp³-hybridized carbons (Fsp3) is 0.533. The van der Waals surface area contributed by atoms with Crippen molar-refractivity contribution >= 4 is 17.6 Å². The van der Waals surface area contributed by atoms with Crippen molar-refractivity contribution in [2.45, 2.75) is 40.2 Å². The Morgan fingerprint density at radius 3 is 2.37 bits per heavy atom. The molecule has 0 aliphatic heterocycles. The summed E-state index contributed by atoms with van der Waals surface area (Å²) in [6.45, 7) is 8.40. The molecule has 1 unspecified atom stereocenters. The van der Waals surface area contributed by atoms with E-state index in [0.29, 0.717) is 17.4 Å². The van der Waals surface area contributed by atoms with E-state index in [0.717, 1.165) is 6.42 Å². The Morgan fingerprint density at radius 2 is 1.84 bits per heavy atom. The maximum Gasteiger partial charge on any atom is 0.347 e. The molecule has 0 aromatic heterocycles. The maximum absolute atomic E-state index is 11.7. The summed E-state index contributed by atoms with van der Waals surface area (Å²) in [6.07, 6.45) is 0.202. The van der Waals surface area contributed by atoms with Crippen molar-refractivity contribution in [3.8, 4) is 5.75 Å². The van der Waals surface area contributed by atoms with Gasteiger partial charge in [0.15, 0.2) is 6.10 Å². The van der Waals surface area contributed by atoms with Gasteiger partial charge in [-0.1, -0.05) is 32.4 Å². The van der Waals surface area contributed by atoms with E-state index in [9.17, 15) is 4.79 Å². The molecule has 0 fully saturated rings. The van der Waals surface area contributed by atoms with Gasteiger partial charge in [0.2, 0.25) is 0 Å². The molecule has 0 saturated carbocycles. The molecule has 0 aliphatic carbocycles. The van der Waals surface area contributed by atoms with Gasteiger partial charge in [-0.2, -0.15) is 0 Å².